The molecule has 6 nitrogen and oxygen atoms in total. The maximum atomic E-state index is 12.3. The fourth-order valence-electron chi connectivity index (χ4n) is 2.67. The van der Waals surface area contributed by atoms with E-state index >= 15 is 0 Å². The summed E-state index contributed by atoms with van der Waals surface area (Å²) in [5, 5.41) is 11.8. The molecule has 0 bridgehead atoms. The van der Waals surface area contributed by atoms with Crippen LogP contribution in [0.25, 0.3) is 5.69 Å². The molecule has 3 aromatic rings. The summed E-state index contributed by atoms with van der Waals surface area (Å²) >= 11 is 1.37. The smallest absolute Gasteiger partial charge is 0.230 e. The highest BCUT2D eigenvalue weighted by Gasteiger charge is 2.13. The quantitative estimate of drug-likeness (QED) is 0.631. The second kappa shape index (κ2) is 8.81. The van der Waals surface area contributed by atoms with Crippen molar-refractivity contribution in [3.63, 3.8) is 0 Å². The first kappa shape index (κ1) is 19.1. The molecule has 27 heavy (non-hydrogen) atoms. The van der Waals surface area contributed by atoms with Gasteiger partial charge in [0.1, 0.15) is 6.33 Å². The number of carbonyl (C=O) groups is 1. The van der Waals surface area contributed by atoms with Crippen molar-refractivity contribution in [2.75, 3.05) is 5.75 Å². The van der Waals surface area contributed by atoms with Gasteiger partial charge in [-0.3, -0.25) is 14.3 Å². The normalized spacial score (nSPS) is 12.1. The van der Waals surface area contributed by atoms with Gasteiger partial charge in [0.2, 0.25) is 5.91 Å². The molecule has 0 saturated heterocycles. The van der Waals surface area contributed by atoms with Crippen LogP contribution in [0.4, 0.5) is 0 Å². The summed E-state index contributed by atoms with van der Waals surface area (Å²) in [6, 6.07) is 12.0. The molecule has 1 atom stereocenters. The molecule has 0 aliphatic heterocycles. The fourth-order valence-corrected chi connectivity index (χ4v) is 3.41. The summed E-state index contributed by atoms with van der Waals surface area (Å²) in [4.78, 5) is 16.3. The van der Waals surface area contributed by atoms with Crippen LogP contribution in [-0.4, -0.2) is 31.4 Å². The van der Waals surface area contributed by atoms with Gasteiger partial charge in [-0.05, 0) is 48.2 Å². The third kappa shape index (κ3) is 4.95. The number of amides is 1. The van der Waals surface area contributed by atoms with Crippen molar-refractivity contribution in [2.24, 2.45) is 0 Å². The maximum absolute atomic E-state index is 12.3. The van der Waals surface area contributed by atoms with E-state index in [9.17, 15) is 4.79 Å². The highest BCUT2D eigenvalue weighted by atomic mass is 32.2. The number of pyridine rings is 1. The predicted octanol–water partition coefficient (Wildman–Crippen LogP) is 3.76. The Hall–Kier alpha value is -2.67. The highest BCUT2D eigenvalue weighted by molar-refractivity contribution is 7.99. The molecule has 2 aromatic heterocycles. The molecular weight excluding hydrogens is 358 g/mol. The number of rotatable bonds is 7. The van der Waals surface area contributed by atoms with Gasteiger partial charge in [-0.15, -0.1) is 10.2 Å². The van der Waals surface area contributed by atoms with Gasteiger partial charge in [0.25, 0.3) is 0 Å². The van der Waals surface area contributed by atoms with Crippen molar-refractivity contribution < 1.29 is 4.79 Å². The minimum atomic E-state index is -0.0671. The minimum absolute atomic E-state index is 0.0472. The van der Waals surface area contributed by atoms with Crippen LogP contribution in [-0.2, 0) is 4.79 Å². The Morgan fingerprint density at radius 2 is 1.78 bits per heavy atom. The molecule has 0 radical (unpaired) electrons. The Balaban J connectivity index is 1.60. The van der Waals surface area contributed by atoms with Crippen LogP contribution in [0.15, 0.2) is 60.3 Å². The first-order chi connectivity index (χ1) is 13.0. The molecule has 0 saturated carbocycles. The number of nitrogens with one attached hydrogen (secondary N) is 1. The molecule has 0 fully saturated rings. The molecule has 1 amide bonds. The summed E-state index contributed by atoms with van der Waals surface area (Å²) in [6.07, 6.45) is 5.11. The van der Waals surface area contributed by atoms with Crippen molar-refractivity contribution in [3.8, 4) is 5.69 Å². The van der Waals surface area contributed by atoms with E-state index in [0.29, 0.717) is 11.1 Å². The van der Waals surface area contributed by atoms with Crippen molar-refractivity contribution in [2.45, 2.75) is 37.9 Å². The Labute approximate surface area is 163 Å². The number of benzene rings is 1. The first-order valence-electron chi connectivity index (χ1n) is 8.87. The monoisotopic (exact) mass is 381 g/mol. The van der Waals surface area contributed by atoms with Crippen molar-refractivity contribution in [1.29, 1.82) is 0 Å². The Kier molecular flexibility index (Phi) is 6.24. The molecule has 1 unspecified atom stereocenters. The van der Waals surface area contributed by atoms with Crippen LogP contribution in [0, 0.1) is 0 Å². The van der Waals surface area contributed by atoms with E-state index in [-0.39, 0.29) is 17.7 Å². The van der Waals surface area contributed by atoms with E-state index in [1.54, 1.807) is 18.7 Å². The lowest BCUT2D eigenvalue weighted by atomic mass is 10.0. The minimum Gasteiger partial charge on any atom is -0.349 e. The third-order valence-corrected chi connectivity index (χ3v) is 5.21. The molecule has 0 spiro atoms. The molecule has 0 aliphatic carbocycles. The van der Waals surface area contributed by atoms with Crippen molar-refractivity contribution in [1.82, 2.24) is 25.1 Å². The van der Waals surface area contributed by atoms with E-state index in [4.69, 9.17) is 0 Å². The van der Waals surface area contributed by atoms with Crippen molar-refractivity contribution >= 4 is 17.7 Å². The Morgan fingerprint density at radius 1 is 1.07 bits per heavy atom. The second-order valence-corrected chi connectivity index (χ2v) is 7.53. The number of hydrogen-bond donors (Lipinski definition) is 1. The topological polar surface area (TPSA) is 72.7 Å². The summed E-state index contributed by atoms with van der Waals surface area (Å²) in [5.74, 6) is 0.715. The third-order valence-electron chi connectivity index (χ3n) is 4.27. The molecule has 1 N–H and O–H groups in total. The summed E-state index contributed by atoms with van der Waals surface area (Å²) < 4.78 is 1.90. The number of carbonyl (C=O) groups excluding carboxylic acids is 1. The van der Waals surface area contributed by atoms with E-state index in [2.05, 4.69) is 46.5 Å². The van der Waals surface area contributed by atoms with E-state index in [0.717, 1.165) is 11.3 Å². The zero-order valence-corrected chi connectivity index (χ0v) is 16.5. The SMILES string of the molecule is CC(C)c1ccc(-n2cnnc2SCC(=O)NC(C)c2ccncc2)cc1. The van der Waals surface area contributed by atoms with Crippen LogP contribution in [0.5, 0.6) is 0 Å². The van der Waals surface area contributed by atoms with E-state index < -0.39 is 0 Å². The number of hydrogen-bond acceptors (Lipinski definition) is 5. The summed E-state index contributed by atoms with van der Waals surface area (Å²) in [7, 11) is 0. The number of aromatic nitrogens is 4. The zero-order valence-electron chi connectivity index (χ0n) is 15.7. The maximum Gasteiger partial charge on any atom is 0.230 e. The van der Waals surface area contributed by atoms with Gasteiger partial charge in [-0.1, -0.05) is 37.7 Å². The molecule has 0 aliphatic rings. The first-order valence-corrected chi connectivity index (χ1v) is 9.85. The largest absolute Gasteiger partial charge is 0.349 e. The second-order valence-electron chi connectivity index (χ2n) is 6.59. The van der Waals surface area contributed by atoms with Gasteiger partial charge in [0.15, 0.2) is 5.16 Å². The average molecular weight is 382 g/mol. The van der Waals surface area contributed by atoms with Crippen LogP contribution in [0.2, 0.25) is 0 Å². The predicted molar refractivity (Wildman–Crippen MR) is 107 cm³/mol. The van der Waals surface area contributed by atoms with Gasteiger partial charge in [-0.2, -0.15) is 0 Å². The molecular formula is C20H23N5OS. The molecule has 140 valence electrons. The van der Waals surface area contributed by atoms with Crippen LogP contribution in [0.3, 0.4) is 0 Å². The van der Waals surface area contributed by atoms with Gasteiger partial charge in [-0.25, -0.2) is 0 Å². The van der Waals surface area contributed by atoms with Gasteiger partial charge in [0.05, 0.1) is 11.8 Å². The standard InChI is InChI=1S/C20H23N5OS/c1-14(2)16-4-6-18(7-5-16)25-13-22-24-20(25)27-12-19(26)23-15(3)17-8-10-21-11-9-17/h4-11,13-15H,12H2,1-3H3,(H,23,26). The van der Waals surface area contributed by atoms with E-state index in [1.165, 1.54) is 17.3 Å². The molecule has 2 heterocycles. The summed E-state index contributed by atoms with van der Waals surface area (Å²) in [5.41, 5.74) is 3.29. The zero-order chi connectivity index (χ0) is 19.2. The van der Waals surface area contributed by atoms with Crippen LogP contribution < -0.4 is 5.32 Å². The van der Waals surface area contributed by atoms with Crippen LogP contribution in [0.1, 0.15) is 43.9 Å². The highest BCUT2D eigenvalue weighted by Crippen LogP contribution is 2.22. The summed E-state index contributed by atoms with van der Waals surface area (Å²) in [6.45, 7) is 6.29. The number of nitrogens with zero attached hydrogens (tertiary/aromatic N) is 4. The lowest BCUT2D eigenvalue weighted by Gasteiger charge is -2.14. The fraction of sp³-hybridized carbons (Fsp3) is 0.300. The van der Waals surface area contributed by atoms with Gasteiger partial charge in [0, 0.05) is 18.1 Å². The average Bonchev–Trinajstić information content (AvgIpc) is 3.15. The molecule has 1 aromatic carbocycles. The Morgan fingerprint density at radius 3 is 2.44 bits per heavy atom. The molecule has 7 heteroatoms. The lowest BCUT2D eigenvalue weighted by molar-refractivity contribution is -0.119. The molecule has 3 rings (SSSR count). The van der Waals surface area contributed by atoms with Crippen LogP contribution >= 0.6 is 11.8 Å². The lowest BCUT2D eigenvalue weighted by Crippen LogP contribution is -2.28. The van der Waals surface area contributed by atoms with Crippen molar-refractivity contribution in [3.05, 3.63) is 66.2 Å². The van der Waals surface area contributed by atoms with Gasteiger partial charge < -0.3 is 5.32 Å². The van der Waals surface area contributed by atoms with Gasteiger partial charge >= 0.3 is 0 Å². The van der Waals surface area contributed by atoms with E-state index in [1.807, 2.05) is 35.8 Å². The Bertz CT molecular complexity index is 877. The number of thioether (sulfide) groups is 1.